The van der Waals surface area contributed by atoms with Gasteiger partial charge in [0.15, 0.2) is 0 Å². The van der Waals surface area contributed by atoms with E-state index in [2.05, 4.69) is 21.0 Å². The van der Waals surface area contributed by atoms with E-state index in [4.69, 9.17) is 0 Å². The molecule has 0 atom stereocenters. The molecular formula is C16H10BrF3N2. The number of alkyl halides is 3. The highest BCUT2D eigenvalue weighted by Crippen LogP contribution is 2.32. The van der Waals surface area contributed by atoms with Crippen LogP contribution in [0.1, 0.15) is 5.56 Å². The predicted octanol–water partition coefficient (Wildman–Crippen LogP) is 5.32. The summed E-state index contributed by atoms with van der Waals surface area (Å²) in [5.41, 5.74) is 1.61. The number of nitrogens with zero attached hydrogens (tertiary/aromatic N) is 2. The molecule has 0 bridgehead atoms. The summed E-state index contributed by atoms with van der Waals surface area (Å²) in [6.07, 6.45) is -2.72. The van der Waals surface area contributed by atoms with Crippen LogP contribution in [0.5, 0.6) is 0 Å². The first-order chi connectivity index (χ1) is 10.5. The molecule has 0 N–H and O–H groups in total. The second-order valence-electron chi connectivity index (χ2n) is 4.65. The van der Waals surface area contributed by atoms with E-state index in [1.54, 1.807) is 10.9 Å². The van der Waals surface area contributed by atoms with Crippen LogP contribution in [0.3, 0.4) is 0 Å². The molecule has 0 aliphatic rings. The van der Waals surface area contributed by atoms with Gasteiger partial charge in [0.2, 0.25) is 0 Å². The van der Waals surface area contributed by atoms with Crippen LogP contribution < -0.4 is 0 Å². The van der Waals surface area contributed by atoms with E-state index in [1.165, 1.54) is 12.1 Å². The Balaban J connectivity index is 2.04. The topological polar surface area (TPSA) is 17.8 Å². The summed E-state index contributed by atoms with van der Waals surface area (Å²) < 4.78 is 40.4. The van der Waals surface area contributed by atoms with Crippen LogP contribution in [0, 0.1) is 0 Å². The van der Waals surface area contributed by atoms with Crippen LogP contribution in [-0.4, -0.2) is 9.78 Å². The number of rotatable bonds is 2. The van der Waals surface area contributed by atoms with Gasteiger partial charge in [-0.05, 0) is 36.4 Å². The zero-order valence-electron chi connectivity index (χ0n) is 11.2. The highest BCUT2D eigenvalue weighted by Gasteiger charge is 2.30. The fourth-order valence-corrected chi connectivity index (χ4v) is 2.66. The first kappa shape index (κ1) is 14.8. The van der Waals surface area contributed by atoms with Crippen molar-refractivity contribution >= 4 is 15.9 Å². The average Bonchev–Trinajstić information content (AvgIpc) is 2.96. The molecule has 0 radical (unpaired) electrons. The molecule has 2 nitrogen and oxygen atoms in total. The molecule has 3 rings (SSSR count). The highest BCUT2D eigenvalue weighted by atomic mass is 79.9. The third kappa shape index (κ3) is 2.78. The van der Waals surface area contributed by atoms with Crippen molar-refractivity contribution in [2.24, 2.45) is 0 Å². The van der Waals surface area contributed by atoms with Crippen LogP contribution in [0.4, 0.5) is 13.2 Å². The van der Waals surface area contributed by atoms with Crippen molar-refractivity contribution in [1.29, 1.82) is 0 Å². The molecule has 112 valence electrons. The molecule has 0 unspecified atom stereocenters. The maximum absolute atomic E-state index is 12.6. The van der Waals surface area contributed by atoms with Crippen LogP contribution in [0.2, 0.25) is 0 Å². The minimum absolute atomic E-state index is 0.573. The first-order valence-corrected chi connectivity index (χ1v) is 7.23. The second kappa shape index (κ2) is 5.61. The second-order valence-corrected chi connectivity index (χ2v) is 5.51. The molecule has 1 aromatic heterocycles. The summed E-state index contributed by atoms with van der Waals surface area (Å²) in [4.78, 5) is 0. The molecule has 0 saturated heterocycles. The molecule has 0 aliphatic carbocycles. The Morgan fingerprint density at radius 3 is 2.23 bits per heavy atom. The summed E-state index contributed by atoms with van der Waals surface area (Å²) in [6.45, 7) is 0. The minimum atomic E-state index is -4.34. The van der Waals surface area contributed by atoms with Crippen molar-refractivity contribution in [2.75, 3.05) is 0 Å². The average molecular weight is 367 g/mol. The summed E-state index contributed by atoms with van der Waals surface area (Å²) in [5, 5.41) is 4.21. The lowest BCUT2D eigenvalue weighted by atomic mass is 10.1. The Morgan fingerprint density at radius 1 is 0.909 bits per heavy atom. The van der Waals surface area contributed by atoms with Crippen molar-refractivity contribution in [1.82, 2.24) is 9.78 Å². The minimum Gasteiger partial charge on any atom is -0.233 e. The fraction of sp³-hybridized carbons (Fsp3) is 0.0625. The van der Waals surface area contributed by atoms with Gasteiger partial charge < -0.3 is 0 Å². The molecule has 1 heterocycles. The summed E-state index contributed by atoms with van der Waals surface area (Å²) in [7, 11) is 0. The Kier molecular flexibility index (Phi) is 3.78. The molecule has 0 fully saturated rings. The smallest absolute Gasteiger partial charge is 0.233 e. The fourth-order valence-electron chi connectivity index (χ4n) is 2.17. The Morgan fingerprint density at radius 2 is 1.59 bits per heavy atom. The van der Waals surface area contributed by atoms with Crippen molar-refractivity contribution in [3.63, 3.8) is 0 Å². The molecule has 0 amide bonds. The maximum atomic E-state index is 12.6. The zero-order chi connectivity index (χ0) is 15.7. The number of benzene rings is 2. The number of aromatic nitrogens is 2. The first-order valence-electron chi connectivity index (χ1n) is 6.43. The molecule has 0 saturated carbocycles. The van der Waals surface area contributed by atoms with Gasteiger partial charge in [0.1, 0.15) is 0 Å². The quantitative estimate of drug-likeness (QED) is 0.600. The Bertz CT molecular complexity index is 792. The van der Waals surface area contributed by atoms with E-state index < -0.39 is 11.7 Å². The van der Waals surface area contributed by atoms with Crippen molar-refractivity contribution < 1.29 is 13.2 Å². The summed E-state index contributed by atoms with van der Waals surface area (Å²) in [5.74, 6) is 0. The van der Waals surface area contributed by atoms with Gasteiger partial charge in [-0.3, -0.25) is 0 Å². The van der Waals surface area contributed by atoms with Gasteiger partial charge in [0.05, 0.1) is 23.1 Å². The van der Waals surface area contributed by atoms with Gasteiger partial charge in [-0.2, -0.15) is 18.3 Å². The molecule has 2 aromatic carbocycles. The van der Waals surface area contributed by atoms with Gasteiger partial charge in [-0.1, -0.05) is 34.1 Å². The lowest BCUT2D eigenvalue weighted by molar-refractivity contribution is -0.137. The molecule has 22 heavy (non-hydrogen) atoms. The number of hydrogen-bond donors (Lipinski definition) is 0. The van der Waals surface area contributed by atoms with Gasteiger partial charge >= 0.3 is 6.18 Å². The van der Waals surface area contributed by atoms with Crippen LogP contribution >= 0.6 is 15.9 Å². The van der Waals surface area contributed by atoms with Gasteiger partial charge in [-0.25, -0.2) is 4.68 Å². The van der Waals surface area contributed by atoms with Crippen molar-refractivity contribution in [3.8, 4) is 16.9 Å². The maximum Gasteiger partial charge on any atom is 0.416 e. The van der Waals surface area contributed by atoms with Gasteiger partial charge in [-0.15, -0.1) is 0 Å². The lowest BCUT2D eigenvalue weighted by Gasteiger charge is -2.11. The van der Waals surface area contributed by atoms with E-state index in [1.807, 2.05) is 30.3 Å². The standard InChI is InChI=1S/C16H10BrF3N2/c17-14-4-2-1-3-13(14)15-9-10-21-22(15)12-7-5-11(6-8-12)16(18,19)20/h1-10H. The van der Waals surface area contributed by atoms with E-state index in [0.29, 0.717) is 5.69 Å². The third-order valence-electron chi connectivity index (χ3n) is 3.23. The van der Waals surface area contributed by atoms with E-state index in [9.17, 15) is 13.2 Å². The lowest BCUT2D eigenvalue weighted by Crippen LogP contribution is -2.05. The molecule has 3 aromatic rings. The monoisotopic (exact) mass is 366 g/mol. The Hall–Kier alpha value is -2.08. The molecular weight excluding hydrogens is 357 g/mol. The number of halogens is 4. The van der Waals surface area contributed by atoms with Gasteiger partial charge in [0, 0.05) is 10.0 Å². The van der Waals surface area contributed by atoms with Gasteiger partial charge in [0.25, 0.3) is 0 Å². The van der Waals surface area contributed by atoms with Crippen LogP contribution in [-0.2, 0) is 6.18 Å². The Labute approximate surface area is 133 Å². The van der Waals surface area contributed by atoms with Crippen LogP contribution in [0.15, 0.2) is 65.3 Å². The zero-order valence-corrected chi connectivity index (χ0v) is 12.8. The molecule has 6 heteroatoms. The molecule has 0 spiro atoms. The van der Waals surface area contributed by atoms with E-state index >= 15 is 0 Å². The van der Waals surface area contributed by atoms with E-state index in [-0.39, 0.29) is 0 Å². The SMILES string of the molecule is FC(F)(F)c1ccc(-n2nccc2-c2ccccc2Br)cc1. The van der Waals surface area contributed by atoms with Crippen molar-refractivity contribution in [2.45, 2.75) is 6.18 Å². The molecule has 0 aliphatic heterocycles. The normalized spacial score (nSPS) is 11.6. The van der Waals surface area contributed by atoms with Crippen molar-refractivity contribution in [3.05, 3.63) is 70.8 Å². The highest BCUT2D eigenvalue weighted by molar-refractivity contribution is 9.10. The predicted molar refractivity (Wildman–Crippen MR) is 81.7 cm³/mol. The largest absolute Gasteiger partial charge is 0.416 e. The summed E-state index contributed by atoms with van der Waals surface area (Å²) in [6, 6.07) is 14.4. The number of hydrogen-bond acceptors (Lipinski definition) is 1. The van der Waals surface area contributed by atoms with E-state index in [0.717, 1.165) is 27.9 Å². The third-order valence-corrected chi connectivity index (χ3v) is 3.92. The summed E-state index contributed by atoms with van der Waals surface area (Å²) >= 11 is 3.47. The van der Waals surface area contributed by atoms with Crippen LogP contribution in [0.25, 0.3) is 16.9 Å².